The highest BCUT2D eigenvalue weighted by Gasteiger charge is 2.34. The van der Waals surface area contributed by atoms with Gasteiger partial charge in [0.1, 0.15) is 6.04 Å². The van der Waals surface area contributed by atoms with Crippen LogP contribution in [0.3, 0.4) is 0 Å². The van der Waals surface area contributed by atoms with Gasteiger partial charge in [0, 0.05) is 12.2 Å². The summed E-state index contributed by atoms with van der Waals surface area (Å²) in [7, 11) is 0. The van der Waals surface area contributed by atoms with E-state index in [0.29, 0.717) is 11.4 Å². The van der Waals surface area contributed by atoms with E-state index in [9.17, 15) is 9.59 Å². The lowest BCUT2D eigenvalue weighted by Gasteiger charge is -2.23. The minimum Gasteiger partial charge on any atom is -0.326 e. The molecule has 1 unspecified atom stereocenters. The Morgan fingerprint density at radius 2 is 2.14 bits per heavy atom. The lowest BCUT2D eigenvalue weighted by molar-refractivity contribution is -0.119. The maximum atomic E-state index is 12.5. The first-order chi connectivity index (χ1) is 10.6. The summed E-state index contributed by atoms with van der Waals surface area (Å²) in [6.45, 7) is 2.63. The molecule has 3 rings (SSSR count). The number of nitrogens with zero attached hydrogens (tertiary/aromatic N) is 1. The first-order valence-electron chi connectivity index (χ1n) is 7.37. The predicted molar refractivity (Wildman–Crippen MR) is 88.2 cm³/mol. The van der Waals surface area contributed by atoms with Crippen LogP contribution in [0.2, 0.25) is 0 Å². The lowest BCUT2D eigenvalue weighted by Crippen LogP contribution is -2.42. The van der Waals surface area contributed by atoms with Crippen molar-refractivity contribution in [2.24, 2.45) is 0 Å². The van der Waals surface area contributed by atoms with Gasteiger partial charge in [0.25, 0.3) is 5.91 Å². The van der Waals surface area contributed by atoms with Gasteiger partial charge in [-0.3, -0.25) is 9.59 Å². The van der Waals surface area contributed by atoms with Crippen molar-refractivity contribution >= 4 is 28.8 Å². The van der Waals surface area contributed by atoms with Crippen LogP contribution in [0.1, 0.15) is 28.1 Å². The molecule has 114 valence electrons. The number of benzene rings is 1. The second kappa shape index (κ2) is 6.32. The van der Waals surface area contributed by atoms with Crippen LogP contribution in [-0.2, 0) is 4.79 Å². The van der Waals surface area contributed by atoms with Crippen molar-refractivity contribution in [1.29, 1.82) is 0 Å². The largest absolute Gasteiger partial charge is 0.326 e. The number of hydrogen-bond acceptors (Lipinski definition) is 3. The lowest BCUT2D eigenvalue weighted by atomic mass is 10.1. The summed E-state index contributed by atoms with van der Waals surface area (Å²) in [5.41, 5.74) is 1.87. The normalized spacial score (nSPS) is 17.5. The van der Waals surface area contributed by atoms with E-state index in [1.807, 2.05) is 42.6 Å². The summed E-state index contributed by atoms with van der Waals surface area (Å²) in [6.07, 6.45) is 1.58. The van der Waals surface area contributed by atoms with Crippen LogP contribution >= 0.6 is 11.3 Å². The average Bonchev–Trinajstić information content (AvgIpc) is 3.18. The van der Waals surface area contributed by atoms with Crippen LogP contribution in [0.15, 0.2) is 41.8 Å². The molecule has 22 heavy (non-hydrogen) atoms. The Morgan fingerprint density at radius 3 is 2.86 bits per heavy atom. The van der Waals surface area contributed by atoms with Gasteiger partial charge in [-0.15, -0.1) is 11.3 Å². The molecule has 1 aromatic carbocycles. The van der Waals surface area contributed by atoms with Gasteiger partial charge in [-0.2, -0.15) is 0 Å². The average molecular weight is 314 g/mol. The minimum absolute atomic E-state index is 0.0445. The predicted octanol–water partition coefficient (Wildman–Crippen LogP) is 3.30. The Kier molecular flexibility index (Phi) is 4.24. The zero-order valence-electron chi connectivity index (χ0n) is 12.4. The van der Waals surface area contributed by atoms with Crippen LogP contribution in [0, 0.1) is 6.92 Å². The van der Waals surface area contributed by atoms with E-state index < -0.39 is 0 Å². The second-order valence-electron chi connectivity index (χ2n) is 5.49. The van der Waals surface area contributed by atoms with Crippen molar-refractivity contribution in [2.45, 2.75) is 25.8 Å². The molecule has 0 aliphatic carbocycles. The van der Waals surface area contributed by atoms with Crippen LogP contribution in [0.4, 0.5) is 5.69 Å². The van der Waals surface area contributed by atoms with E-state index >= 15 is 0 Å². The molecule has 0 saturated carbocycles. The van der Waals surface area contributed by atoms with Gasteiger partial charge in [0.15, 0.2) is 0 Å². The van der Waals surface area contributed by atoms with E-state index in [1.54, 1.807) is 11.0 Å². The molecule has 1 atom stereocenters. The highest BCUT2D eigenvalue weighted by Crippen LogP contribution is 2.23. The topological polar surface area (TPSA) is 49.4 Å². The van der Waals surface area contributed by atoms with Crippen LogP contribution < -0.4 is 5.32 Å². The van der Waals surface area contributed by atoms with Crippen molar-refractivity contribution in [3.05, 3.63) is 52.2 Å². The molecular formula is C17H18N2O2S. The molecule has 1 N–H and O–H groups in total. The Bertz CT molecular complexity index is 682. The monoisotopic (exact) mass is 314 g/mol. The Labute approximate surface area is 133 Å². The molecule has 0 radical (unpaired) electrons. The molecule has 2 aromatic rings. The van der Waals surface area contributed by atoms with Gasteiger partial charge in [-0.1, -0.05) is 18.2 Å². The van der Waals surface area contributed by atoms with Crippen molar-refractivity contribution in [3.8, 4) is 0 Å². The van der Waals surface area contributed by atoms with Crippen molar-refractivity contribution in [1.82, 2.24) is 4.90 Å². The highest BCUT2D eigenvalue weighted by atomic mass is 32.1. The fraction of sp³-hybridized carbons (Fsp3) is 0.294. The molecule has 4 nitrogen and oxygen atoms in total. The molecule has 0 bridgehead atoms. The van der Waals surface area contributed by atoms with Gasteiger partial charge in [-0.25, -0.2) is 0 Å². The molecule has 2 heterocycles. The molecule has 1 aliphatic rings. The summed E-state index contributed by atoms with van der Waals surface area (Å²) in [4.78, 5) is 27.4. The van der Waals surface area contributed by atoms with E-state index in [-0.39, 0.29) is 17.9 Å². The highest BCUT2D eigenvalue weighted by molar-refractivity contribution is 7.12. The maximum absolute atomic E-state index is 12.5. The summed E-state index contributed by atoms with van der Waals surface area (Å²) < 4.78 is 0. The van der Waals surface area contributed by atoms with Crippen molar-refractivity contribution in [2.75, 3.05) is 11.9 Å². The summed E-state index contributed by atoms with van der Waals surface area (Å²) in [6, 6.07) is 11.0. The summed E-state index contributed by atoms with van der Waals surface area (Å²) >= 11 is 1.41. The third kappa shape index (κ3) is 3.04. The van der Waals surface area contributed by atoms with E-state index in [4.69, 9.17) is 0 Å². The first kappa shape index (κ1) is 14.8. The number of likely N-dealkylation sites (tertiary alicyclic amines) is 1. The molecular weight excluding hydrogens is 296 g/mol. The molecule has 1 saturated heterocycles. The SMILES string of the molecule is Cc1cccc(NC(=O)C2CCCN2C(=O)c2cccs2)c1. The Balaban J connectivity index is 1.72. The third-order valence-electron chi connectivity index (χ3n) is 3.83. The smallest absolute Gasteiger partial charge is 0.264 e. The van der Waals surface area contributed by atoms with Crippen LogP contribution in [0.5, 0.6) is 0 Å². The fourth-order valence-corrected chi connectivity index (χ4v) is 3.45. The zero-order chi connectivity index (χ0) is 15.5. The number of rotatable bonds is 3. The maximum Gasteiger partial charge on any atom is 0.264 e. The number of aryl methyl sites for hydroxylation is 1. The fourth-order valence-electron chi connectivity index (χ4n) is 2.77. The number of carbonyl (C=O) groups excluding carboxylic acids is 2. The quantitative estimate of drug-likeness (QED) is 0.945. The molecule has 5 heteroatoms. The van der Waals surface area contributed by atoms with Gasteiger partial charge in [0.2, 0.25) is 5.91 Å². The Hall–Kier alpha value is -2.14. The van der Waals surface area contributed by atoms with Crippen molar-refractivity contribution in [3.63, 3.8) is 0 Å². The standard InChI is InChI=1S/C17H18N2O2S/c1-12-5-2-6-13(11-12)18-16(20)14-7-3-9-19(14)17(21)15-8-4-10-22-15/h2,4-6,8,10-11,14H,3,7,9H2,1H3,(H,18,20). The number of thiophene rings is 1. The number of carbonyl (C=O) groups is 2. The molecule has 1 fully saturated rings. The third-order valence-corrected chi connectivity index (χ3v) is 4.69. The minimum atomic E-state index is -0.380. The summed E-state index contributed by atoms with van der Waals surface area (Å²) in [5, 5.41) is 4.81. The molecule has 1 aromatic heterocycles. The number of anilines is 1. The van der Waals surface area contributed by atoms with Crippen LogP contribution in [0.25, 0.3) is 0 Å². The molecule has 2 amide bonds. The number of hydrogen-bond donors (Lipinski definition) is 1. The van der Waals surface area contributed by atoms with Gasteiger partial charge in [0.05, 0.1) is 4.88 Å². The summed E-state index contributed by atoms with van der Waals surface area (Å²) in [5.74, 6) is -0.148. The van der Waals surface area contributed by atoms with Crippen LogP contribution in [-0.4, -0.2) is 29.3 Å². The van der Waals surface area contributed by atoms with E-state index in [1.165, 1.54) is 11.3 Å². The van der Waals surface area contributed by atoms with Gasteiger partial charge in [-0.05, 0) is 48.9 Å². The van der Waals surface area contributed by atoms with Gasteiger partial charge >= 0.3 is 0 Å². The number of nitrogens with one attached hydrogen (secondary N) is 1. The van der Waals surface area contributed by atoms with E-state index in [0.717, 1.165) is 24.1 Å². The molecule has 1 aliphatic heterocycles. The van der Waals surface area contributed by atoms with E-state index in [2.05, 4.69) is 5.32 Å². The first-order valence-corrected chi connectivity index (χ1v) is 8.25. The number of amides is 2. The second-order valence-corrected chi connectivity index (χ2v) is 6.44. The van der Waals surface area contributed by atoms with Crippen molar-refractivity contribution < 1.29 is 9.59 Å². The Morgan fingerprint density at radius 1 is 1.27 bits per heavy atom. The zero-order valence-corrected chi connectivity index (χ0v) is 13.2. The van der Waals surface area contributed by atoms with Gasteiger partial charge < -0.3 is 10.2 Å². The molecule has 0 spiro atoms.